The highest BCUT2D eigenvalue weighted by Gasteiger charge is 2.29. The van der Waals surface area contributed by atoms with E-state index in [1.54, 1.807) is 12.7 Å². The number of hydrogen-bond acceptors (Lipinski definition) is 4. The maximum absolute atomic E-state index is 12.6. The van der Waals surface area contributed by atoms with Crippen LogP contribution < -0.4 is 5.32 Å². The zero-order chi connectivity index (χ0) is 16.9. The lowest BCUT2D eigenvalue weighted by Crippen LogP contribution is -2.52. The second kappa shape index (κ2) is 8.10. The van der Waals surface area contributed by atoms with Crippen LogP contribution in [0.3, 0.4) is 0 Å². The molecule has 1 saturated carbocycles. The van der Waals surface area contributed by atoms with Crippen LogP contribution in [0.4, 0.5) is 0 Å². The Bertz CT molecular complexity index is 509. The van der Waals surface area contributed by atoms with Crippen molar-refractivity contribution < 1.29 is 4.79 Å². The molecule has 1 N–H and O–H groups in total. The number of rotatable bonds is 5. The summed E-state index contributed by atoms with van der Waals surface area (Å²) in [7, 11) is 0. The molecule has 2 fully saturated rings. The van der Waals surface area contributed by atoms with Gasteiger partial charge in [-0.1, -0.05) is 6.92 Å². The van der Waals surface area contributed by atoms with E-state index in [1.165, 1.54) is 19.3 Å². The third kappa shape index (κ3) is 4.56. The van der Waals surface area contributed by atoms with Crippen LogP contribution in [0.25, 0.3) is 0 Å². The fraction of sp³-hybridized carbons (Fsp3) is 0.833. The van der Waals surface area contributed by atoms with Gasteiger partial charge in [-0.05, 0) is 63.8 Å². The largest absolute Gasteiger partial charge is 0.352 e. The molecule has 2 heterocycles. The van der Waals surface area contributed by atoms with Gasteiger partial charge >= 0.3 is 0 Å². The van der Waals surface area contributed by atoms with Gasteiger partial charge in [-0.2, -0.15) is 5.10 Å². The molecule has 134 valence electrons. The number of nitrogens with one attached hydrogen (secondary N) is 1. The van der Waals surface area contributed by atoms with Crippen molar-refractivity contribution in [1.82, 2.24) is 25.0 Å². The summed E-state index contributed by atoms with van der Waals surface area (Å²) in [6.45, 7) is 7.24. The van der Waals surface area contributed by atoms with E-state index >= 15 is 0 Å². The van der Waals surface area contributed by atoms with Crippen molar-refractivity contribution >= 4 is 5.91 Å². The van der Waals surface area contributed by atoms with Crippen LogP contribution >= 0.6 is 0 Å². The molecule has 6 nitrogen and oxygen atoms in total. The van der Waals surface area contributed by atoms with Crippen molar-refractivity contribution in [2.45, 2.75) is 71.0 Å². The maximum atomic E-state index is 12.6. The SMILES string of the molecule is CC1CCC(NC(=O)[C@H](C)N2CCC[C@@H](Cn3cncn3)C2)CC1. The predicted molar refractivity (Wildman–Crippen MR) is 93.3 cm³/mol. The summed E-state index contributed by atoms with van der Waals surface area (Å²) < 4.78 is 1.90. The summed E-state index contributed by atoms with van der Waals surface area (Å²) in [5, 5.41) is 7.50. The Morgan fingerprint density at radius 3 is 2.79 bits per heavy atom. The number of carbonyl (C=O) groups is 1. The quantitative estimate of drug-likeness (QED) is 0.896. The minimum Gasteiger partial charge on any atom is -0.352 e. The lowest BCUT2D eigenvalue weighted by Gasteiger charge is -2.37. The molecule has 1 amide bonds. The fourth-order valence-corrected chi connectivity index (χ4v) is 4.08. The van der Waals surface area contributed by atoms with Gasteiger partial charge in [-0.3, -0.25) is 14.4 Å². The van der Waals surface area contributed by atoms with E-state index < -0.39 is 0 Å². The molecule has 1 saturated heterocycles. The van der Waals surface area contributed by atoms with Crippen molar-refractivity contribution in [3.63, 3.8) is 0 Å². The first kappa shape index (κ1) is 17.4. The fourth-order valence-electron chi connectivity index (χ4n) is 4.08. The third-order valence-corrected chi connectivity index (χ3v) is 5.75. The second-order valence-electron chi connectivity index (χ2n) is 7.76. The minimum atomic E-state index is -0.0390. The van der Waals surface area contributed by atoms with Crippen LogP contribution in [0, 0.1) is 11.8 Å². The molecule has 0 radical (unpaired) electrons. The summed E-state index contributed by atoms with van der Waals surface area (Å²) in [6, 6.07) is 0.342. The van der Waals surface area contributed by atoms with Crippen LogP contribution in [0.1, 0.15) is 52.4 Å². The molecule has 1 aromatic heterocycles. The molecule has 3 rings (SSSR count). The zero-order valence-electron chi connectivity index (χ0n) is 15.0. The van der Waals surface area contributed by atoms with E-state index in [0.29, 0.717) is 12.0 Å². The van der Waals surface area contributed by atoms with Crippen molar-refractivity contribution in [1.29, 1.82) is 0 Å². The van der Waals surface area contributed by atoms with Crippen molar-refractivity contribution in [3.8, 4) is 0 Å². The van der Waals surface area contributed by atoms with E-state index in [2.05, 4.69) is 34.1 Å². The third-order valence-electron chi connectivity index (χ3n) is 5.75. The monoisotopic (exact) mass is 333 g/mol. The van der Waals surface area contributed by atoms with Gasteiger partial charge in [0.05, 0.1) is 6.04 Å². The smallest absolute Gasteiger partial charge is 0.237 e. The Hall–Kier alpha value is -1.43. The highest BCUT2D eigenvalue weighted by Crippen LogP contribution is 2.24. The normalized spacial score (nSPS) is 30.0. The lowest BCUT2D eigenvalue weighted by atomic mass is 9.87. The van der Waals surface area contributed by atoms with Crippen LogP contribution in [-0.2, 0) is 11.3 Å². The molecule has 0 bridgehead atoms. The molecule has 0 spiro atoms. The summed E-state index contributed by atoms with van der Waals surface area (Å²) in [4.78, 5) is 19.0. The molecule has 2 atom stereocenters. The van der Waals surface area contributed by atoms with E-state index in [9.17, 15) is 4.79 Å². The highest BCUT2D eigenvalue weighted by atomic mass is 16.2. The van der Waals surface area contributed by atoms with Crippen LogP contribution in [0.2, 0.25) is 0 Å². The number of nitrogens with zero attached hydrogens (tertiary/aromatic N) is 4. The van der Waals surface area contributed by atoms with E-state index in [1.807, 2.05) is 4.68 Å². The number of carbonyl (C=O) groups excluding carboxylic acids is 1. The molecule has 1 aliphatic heterocycles. The minimum absolute atomic E-state index is 0.0390. The topological polar surface area (TPSA) is 63.1 Å². The van der Waals surface area contributed by atoms with Crippen LogP contribution in [-0.4, -0.2) is 50.7 Å². The summed E-state index contributed by atoms with van der Waals surface area (Å²) >= 11 is 0. The van der Waals surface area contributed by atoms with Gasteiger partial charge in [0.15, 0.2) is 0 Å². The molecular formula is C18H31N5O. The Balaban J connectivity index is 1.48. The first-order valence-electron chi connectivity index (χ1n) is 9.48. The van der Waals surface area contributed by atoms with Gasteiger partial charge in [0.1, 0.15) is 12.7 Å². The Morgan fingerprint density at radius 2 is 2.08 bits per heavy atom. The zero-order valence-corrected chi connectivity index (χ0v) is 15.0. The van der Waals surface area contributed by atoms with Gasteiger partial charge in [-0.25, -0.2) is 4.98 Å². The predicted octanol–water partition coefficient (Wildman–Crippen LogP) is 2.07. The summed E-state index contributed by atoms with van der Waals surface area (Å²) in [5.74, 6) is 1.57. The van der Waals surface area contributed by atoms with E-state index in [4.69, 9.17) is 0 Å². The van der Waals surface area contributed by atoms with Gasteiger partial charge in [0.25, 0.3) is 0 Å². The molecular weight excluding hydrogens is 302 g/mol. The number of likely N-dealkylation sites (tertiary alicyclic amines) is 1. The average Bonchev–Trinajstić information content (AvgIpc) is 3.09. The summed E-state index contributed by atoms with van der Waals surface area (Å²) in [5.41, 5.74) is 0. The Kier molecular flexibility index (Phi) is 5.87. The number of piperidine rings is 1. The van der Waals surface area contributed by atoms with Crippen molar-refractivity contribution in [2.24, 2.45) is 11.8 Å². The highest BCUT2D eigenvalue weighted by molar-refractivity contribution is 5.81. The maximum Gasteiger partial charge on any atom is 0.237 e. The van der Waals surface area contributed by atoms with E-state index in [-0.39, 0.29) is 11.9 Å². The average molecular weight is 333 g/mol. The molecule has 6 heteroatoms. The van der Waals surface area contributed by atoms with Crippen molar-refractivity contribution in [2.75, 3.05) is 13.1 Å². The van der Waals surface area contributed by atoms with E-state index in [0.717, 1.165) is 44.8 Å². The first-order valence-corrected chi connectivity index (χ1v) is 9.48. The summed E-state index contributed by atoms with van der Waals surface area (Å²) in [6.07, 6.45) is 10.5. The van der Waals surface area contributed by atoms with Gasteiger partial charge in [-0.15, -0.1) is 0 Å². The molecule has 24 heavy (non-hydrogen) atoms. The van der Waals surface area contributed by atoms with Crippen LogP contribution in [0.5, 0.6) is 0 Å². The number of amides is 1. The molecule has 1 aliphatic carbocycles. The second-order valence-corrected chi connectivity index (χ2v) is 7.76. The molecule has 2 aliphatic rings. The van der Waals surface area contributed by atoms with Gasteiger partial charge in [0, 0.05) is 19.1 Å². The first-order chi connectivity index (χ1) is 11.6. The lowest BCUT2D eigenvalue weighted by molar-refractivity contribution is -0.127. The standard InChI is InChI=1S/C18H31N5O/c1-14-5-7-17(8-6-14)21-18(24)15(2)22-9-3-4-16(10-22)11-23-13-19-12-20-23/h12-17H,3-11H2,1-2H3,(H,21,24)/t14?,15-,16+,17?/m0/s1. The Morgan fingerprint density at radius 1 is 1.29 bits per heavy atom. The molecule has 1 aromatic rings. The number of hydrogen-bond donors (Lipinski definition) is 1. The molecule has 0 unspecified atom stereocenters. The van der Waals surface area contributed by atoms with Crippen LogP contribution in [0.15, 0.2) is 12.7 Å². The van der Waals surface area contributed by atoms with Gasteiger partial charge in [0.2, 0.25) is 5.91 Å². The molecule has 0 aromatic carbocycles. The van der Waals surface area contributed by atoms with Gasteiger partial charge < -0.3 is 5.32 Å². The Labute approximate surface area is 145 Å². The number of aromatic nitrogens is 3. The van der Waals surface area contributed by atoms with Crippen molar-refractivity contribution in [3.05, 3.63) is 12.7 Å².